The second-order valence-corrected chi connectivity index (χ2v) is 6.40. The van der Waals surface area contributed by atoms with Crippen LogP contribution in [0.5, 0.6) is 0 Å². The molecular weight excluding hydrogens is 292 g/mol. The average molecular weight is 312 g/mol. The van der Waals surface area contributed by atoms with E-state index < -0.39 is 0 Å². The molecule has 0 saturated heterocycles. The van der Waals surface area contributed by atoms with Gasteiger partial charge in [-0.1, -0.05) is 17.3 Å². The number of aromatic nitrogens is 4. The molecule has 23 heavy (non-hydrogen) atoms. The van der Waals surface area contributed by atoms with Crippen molar-refractivity contribution in [3.05, 3.63) is 29.8 Å². The average Bonchev–Trinajstić information content (AvgIpc) is 3.14. The first-order valence-corrected chi connectivity index (χ1v) is 8.07. The molecule has 2 heterocycles. The molecule has 0 unspecified atom stereocenters. The molecule has 6 heteroatoms. The maximum absolute atomic E-state index is 9.61. The highest BCUT2D eigenvalue weighted by atomic mass is 16.5. The third-order valence-corrected chi connectivity index (χ3v) is 4.78. The third-order valence-electron chi connectivity index (χ3n) is 4.78. The van der Waals surface area contributed by atoms with Crippen molar-refractivity contribution in [3.8, 4) is 11.4 Å². The van der Waals surface area contributed by atoms with Gasteiger partial charge in [-0.05, 0) is 38.7 Å². The van der Waals surface area contributed by atoms with Crippen molar-refractivity contribution < 1.29 is 9.63 Å². The van der Waals surface area contributed by atoms with Crippen LogP contribution in [-0.4, -0.2) is 31.1 Å². The van der Waals surface area contributed by atoms with Gasteiger partial charge in [0.05, 0.1) is 17.3 Å². The van der Waals surface area contributed by atoms with Gasteiger partial charge in [-0.2, -0.15) is 10.1 Å². The van der Waals surface area contributed by atoms with Crippen molar-refractivity contribution in [3.63, 3.8) is 0 Å². The van der Waals surface area contributed by atoms with Crippen LogP contribution in [0.3, 0.4) is 0 Å². The molecule has 0 amide bonds. The Balaban J connectivity index is 1.65. The molecule has 6 nitrogen and oxygen atoms in total. The summed E-state index contributed by atoms with van der Waals surface area (Å²) < 4.78 is 7.35. The van der Waals surface area contributed by atoms with E-state index >= 15 is 0 Å². The van der Waals surface area contributed by atoms with Crippen LogP contribution < -0.4 is 0 Å². The molecule has 1 aromatic carbocycles. The standard InChI is InChI=1S/C17H20N4O2/c1-10-14-8-5-12(9-15(14)21(2)19-10)16-18-17(23-20-16)11-3-6-13(22)7-4-11/h5,8-9,11,13,22H,3-4,6-7H2,1-2H3/t11-,13-. The number of aliphatic hydroxyl groups excluding tert-OH is 1. The zero-order chi connectivity index (χ0) is 16.0. The first-order valence-electron chi connectivity index (χ1n) is 8.07. The molecule has 1 fully saturated rings. The molecule has 0 radical (unpaired) electrons. The molecule has 1 aliphatic rings. The van der Waals surface area contributed by atoms with Gasteiger partial charge in [0.2, 0.25) is 11.7 Å². The van der Waals surface area contributed by atoms with Crippen molar-refractivity contribution in [1.29, 1.82) is 0 Å². The minimum Gasteiger partial charge on any atom is -0.393 e. The zero-order valence-electron chi connectivity index (χ0n) is 13.4. The Morgan fingerprint density at radius 2 is 2.00 bits per heavy atom. The van der Waals surface area contributed by atoms with Crippen LogP contribution in [0.4, 0.5) is 0 Å². The Labute approximate surface area is 134 Å². The van der Waals surface area contributed by atoms with E-state index in [1.165, 1.54) is 0 Å². The number of aliphatic hydroxyl groups is 1. The smallest absolute Gasteiger partial charge is 0.230 e. The van der Waals surface area contributed by atoms with E-state index in [1.54, 1.807) is 0 Å². The van der Waals surface area contributed by atoms with E-state index in [-0.39, 0.29) is 12.0 Å². The Kier molecular flexibility index (Phi) is 3.41. The fraction of sp³-hybridized carbons (Fsp3) is 0.471. The lowest BCUT2D eigenvalue weighted by Crippen LogP contribution is -2.17. The molecule has 4 rings (SSSR count). The first kappa shape index (κ1) is 14.4. The molecule has 1 N–H and O–H groups in total. The third kappa shape index (κ3) is 2.53. The van der Waals surface area contributed by atoms with Crippen LogP contribution in [0.25, 0.3) is 22.3 Å². The number of aryl methyl sites for hydroxylation is 2. The normalized spacial score (nSPS) is 21.9. The first-order chi connectivity index (χ1) is 11.1. The molecule has 0 aliphatic heterocycles. The summed E-state index contributed by atoms with van der Waals surface area (Å²) in [5.74, 6) is 1.57. The van der Waals surface area contributed by atoms with Crippen LogP contribution in [0.15, 0.2) is 22.7 Å². The minimum absolute atomic E-state index is 0.177. The Morgan fingerprint density at radius 3 is 2.78 bits per heavy atom. The van der Waals surface area contributed by atoms with E-state index in [1.807, 2.05) is 24.7 Å². The number of fused-ring (bicyclic) bond motifs is 1. The fourth-order valence-corrected chi connectivity index (χ4v) is 3.42. The van der Waals surface area contributed by atoms with Gasteiger partial charge in [0.15, 0.2) is 0 Å². The number of hydrogen-bond donors (Lipinski definition) is 1. The van der Waals surface area contributed by atoms with Crippen LogP contribution in [0, 0.1) is 6.92 Å². The van der Waals surface area contributed by atoms with Gasteiger partial charge >= 0.3 is 0 Å². The second-order valence-electron chi connectivity index (χ2n) is 6.40. The maximum Gasteiger partial charge on any atom is 0.230 e. The lowest BCUT2D eigenvalue weighted by atomic mass is 9.87. The molecule has 1 saturated carbocycles. The summed E-state index contributed by atoms with van der Waals surface area (Å²) in [5.41, 5.74) is 3.02. The van der Waals surface area contributed by atoms with Crippen LogP contribution in [-0.2, 0) is 7.05 Å². The van der Waals surface area contributed by atoms with Gasteiger partial charge in [0, 0.05) is 23.9 Å². The number of hydrogen-bond acceptors (Lipinski definition) is 5. The van der Waals surface area contributed by atoms with Gasteiger partial charge < -0.3 is 9.63 Å². The molecule has 120 valence electrons. The minimum atomic E-state index is -0.177. The van der Waals surface area contributed by atoms with E-state index in [4.69, 9.17) is 4.52 Å². The molecular formula is C17H20N4O2. The lowest BCUT2D eigenvalue weighted by molar-refractivity contribution is 0.116. The predicted molar refractivity (Wildman–Crippen MR) is 86.0 cm³/mol. The fourth-order valence-electron chi connectivity index (χ4n) is 3.42. The summed E-state index contributed by atoms with van der Waals surface area (Å²) in [5, 5.41) is 19.3. The second kappa shape index (κ2) is 5.45. The van der Waals surface area contributed by atoms with E-state index in [9.17, 15) is 5.11 Å². The molecule has 3 aromatic rings. The van der Waals surface area contributed by atoms with E-state index in [0.717, 1.165) is 47.8 Å². The highest BCUT2D eigenvalue weighted by Gasteiger charge is 2.25. The molecule has 2 aromatic heterocycles. The van der Waals surface area contributed by atoms with E-state index in [0.29, 0.717) is 11.7 Å². The Bertz CT molecular complexity index is 844. The topological polar surface area (TPSA) is 77.0 Å². The van der Waals surface area contributed by atoms with Crippen molar-refractivity contribution >= 4 is 10.9 Å². The van der Waals surface area contributed by atoms with Gasteiger partial charge in [0.1, 0.15) is 0 Å². The summed E-state index contributed by atoms with van der Waals surface area (Å²) in [6, 6.07) is 6.12. The maximum atomic E-state index is 9.61. The molecule has 0 spiro atoms. The zero-order valence-corrected chi connectivity index (χ0v) is 13.4. The van der Waals surface area contributed by atoms with Gasteiger partial charge in [0.25, 0.3) is 0 Å². The molecule has 1 aliphatic carbocycles. The summed E-state index contributed by atoms with van der Waals surface area (Å²) in [4.78, 5) is 4.58. The lowest BCUT2D eigenvalue weighted by Gasteiger charge is -2.22. The van der Waals surface area contributed by atoms with Gasteiger partial charge in [-0.25, -0.2) is 0 Å². The van der Waals surface area contributed by atoms with Crippen molar-refractivity contribution in [2.24, 2.45) is 7.05 Å². The van der Waals surface area contributed by atoms with Crippen molar-refractivity contribution in [2.45, 2.75) is 44.6 Å². The van der Waals surface area contributed by atoms with E-state index in [2.05, 4.69) is 27.4 Å². The Hall–Kier alpha value is -2.21. The van der Waals surface area contributed by atoms with Crippen molar-refractivity contribution in [1.82, 2.24) is 19.9 Å². The quantitative estimate of drug-likeness (QED) is 0.787. The summed E-state index contributed by atoms with van der Waals surface area (Å²) >= 11 is 0. The summed E-state index contributed by atoms with van der Waals surface area (Å²) in [7, 11) is 1.94. The summed E-state index contributed by atoms with van der Waals surface area (Å²) in [6.45, 7) is 2.01. The number of rotatable bonds is 2. The highest BCUT2D eigenvalue weighted by Crippen LogP contribution is 2.33. The highest BCUT2D eigenvalue weighted by molar-refractivity contribution is 5.85. The van der Waals surface area contributed by atoms with Crippen molar-refractivity contribution in [2.75, 3.05) is 0 Å². The monoisotopic (exact) mass is 312 g/mol. The van der Waals surface area contributed by atoms with Crippen LogP contribution >= 0.6 is 0 Å². The molecule has 0 atom stereocenters. The molecule has 0 bridgehead atoms. The predicted octanol–water partition coefficient (Wildman–Crippen LogP) is 2.95. The van der Waals surface area contributed by atoms with Crippen LogP contribution in [0.1, 0.15) is 43.2 Å². The number of benzene rings is 1. The summed E-state index contributed by atoms with van der Waals surface area (Å²) in [6.07, 6.45) is 3.25. The SMILES string of the molecule is Cc1nn(C)c2cc(-c3noc([C@H]4CC[C@H](O)CC4)n3)ccc12. The van der Waals surface area contributed by atoms with Gasteiger partial charge in [-0.15, -0.1) is 0 Å². The number of nitrogens with zero attached hydrogens (tertiary/aromatic N) is 4. The largest absolute Gasteiger partial charge is 0.393 e. The van der Waals surface area contributed by atoms with Crippen LogP contribution in [0.2, 0.25) is 0 Å². The van der Waals surface area contributed by atoms with Gasteiger partial charge in [-0.3, -0.25) is 4.68 Å². The Morgan fingerprint density at radius 1 is 1.22 bits per heavy atom.